The van der Waals surface area contributed by atoms with E-state index in [1.165, 1.54) is 6.42 Å². The fourth-order valence-corrected chi connectivity index (χ4v) is 5.02. The fraction of sp³-hybridized carbons (Fsp3) is 0.391. The molecule has 5 rings (SSSR count). The van der Waals surface area contributed by atoms with Crippen LogP contribution in [0.1, 0.15) is 42.5 Å². The Morgan fingerprint density at radius 2 is 2.00 bits per heavy atom. The molecule has 0 unspecified atom stereocenters. The summed E-state index contributed by atoms with van der Waals surface area (Å²) in [6, 6.07) is 5.46. The second-order valence-corrected chi connectivity index (χ2v) is 10.2. The average Bonchev–Trinajstić information content (AvgIpc) is 3.53. The molecule has 1 saturated heterocycles. The number of hydrogen-bond donors (Lipinski definition) is 2. The highest BCUT2D eigenvalue weighted by atomic mass is 79.9. The van der Waals surface area contributed by atoms with E-state index in [9.17, 15) is 4.79 Å². The summed E-state index contributed by atoms with van der Waals surface area (Å²) < 4.78 is 2.74. The van der Waals surface area contributed by atoms with Gasteiger partial charge in [0.1, 0.15) is 10.8 Å². The molecule has 1 aliphatic carbocycles. The predicted octanol–water partition coefficient (Wildman–Crippen LogP) is 6.21. The number of benzene rings is 1. The summed E-state index contributed by atoms with van der Waals surface area (Å²) >= 11 is 16.7. The SMILES string of the molecule is O=C(NOCC1CC1)c1cn2c(N3CCCCC3)cnc2c(Cl)c1Nc1ccc(Br)cc1Cl. The summed E-state index contributed by atoms with van der Waals surface area (Å²) in [5.74, 6) is 1.07. The van der Waals surface area contributed by atoms with Crippen molar-refractivity contribution < 1.29 is 9.63 Å². The number of carbonyl (C=O) groups is 1. The molecule has 0 spiro atoms. The van der Waals surface area contributed by atoms with Crippen molar-refractivity contribution in [3.63, 3.8) is 0 Å². The van der Waals surface area contributed by atoms with E-state index < -0.39 is 0 Å². The first kappa shape index (κ1) is 22.8. The number of hydroxylamine groups is 1. The Kier molecular flexibility index (Phi) is 6.69. The van der Waals surface area contributed by atoms with E-state index in [-0.39, 0.29) is 5.91 Å². The van der Waals surface area contributed by atoms with Crippen LogP contribution in [0.25, 0.3) is 5.65 Å². The van der Waals surface area contributed by atoms with Gasteiger partial charge in [0, 0.05) is 23.8 Å². The van der Waals surface area contributed by atoms with Crippen molar-refractivity contribution in [1.29, 1.82) is 0 Å². The Balaban J connectivity index is 1.55. The number of carbonyl (C=O) groups excluding carboxylic acids is 1. The molecular formula is C23H24BrCl2N5O2. The summed E-state index contributed by atoms with van der Waals surface area (Å²) in [5.41, 5.74) is 4.55. The maximum Gasteiger partial charge on any atom is 0.278 e. The van der Waals surface area contributed by atoms with Gasteiger partial charge in [0.15, 0.2) is 5.65 Å². The first-order valence-electron chi connectivity index (χ1n) is 11.1. The van der Waals surface area contributed by atoms with E-state index in [4.69, 9.17) is 28.0 Å². The highest BCUT2D eigenvalue weighted by Gasteiger charge is 2.25. The van der Waals surface area contributed by atoms with Crippen molar-refractivity contribution in [3.8, 4) is 0 Å². The van der Waals surface area contributed by atoms with Gasteiger partial charge in [-0.3, -0.25) is 14.0 Å². The lowest BCUT2D eigenvalue weighted by molar-refractivity contribution is 0.0270. The molecule has 1 amide bonds. The third-order valence-corrected chi connectivity index (χ3v) is 7.18. The number of hydrogen-bond acceptors (Lipinski definition) is 5. The van der Waals surface area contributed by atoms with Crippen molar-refractivity contribution in [2.75, 3.05) is 29.9 Å². The molecular weight excluding hydrogens is 529 g/mol. The molecule has 2 aromatic heterocycles. The van der Waals surface area contributed by atoms with Crippen LogP contribution in [0.15, 0.2) is 35.1 Å². The zero-order valence-electron chi connectivity index (χ0n) is 17.9. The van der Waals surface area contributed by atoms with Gasteiger partial charge in [-0.25, -0.2) is 10.5 Å². The summed E-state index contributed by atoms with van der Waals surface area (Å²) in [6.45, 7) is 2.41. The standard InChI is InChI=1S/C23H24BrCl2N5O2/c24-15-6-7-18(17(25)10-15)28-21-16(23(32)29-33-13-14-4-5-14)12-31-19(11-27-22(31)20(21)26)30-8-2-1-3-9-30/h6-7,10-12,14,28H,1-5,8-9,13H2,(H,29,32). The topological polar surface area (TPSA) is 70.9 Å². The maximum absolute atomic E-state index is 13.2. The molecule has 0 radical (unpaired) electrons. The molecule has 0 bridgehead atoms. The van der Waals surface area contributed by atoms with Gasteiger partial charge in [-0.2, -0.15) is 0 Å². The zero-order chi connectivity index (χ0) is 22.9. The number of nitrogens with one attached hydrogen (secondary N) is 2. The van der Waals surface area contributed by atoms with Crippen molar-refractivity contribution in [2.24, 2.45) is 5.92 Å². The van der Waals surface area contributed by atoms with Gasteiger partial charge in [-0.1, -0.05) is 39.1 Å². The lowest BCUT2D eigenvalue weighted by Crippen LogP contribution is -2.30. The summed E-state index contributed by atoms with van der Waals surface area (Å²) in [6.07, 6.45) is 9.34. The monoisotopic (exact) mass is 551 g/mol. The number of amides is 1. The number of fused-ring (bicyclic) bond motifs is 1. The Morgan fingerprint density at radius 3 is 2.73 bits per heavy atom. The summed E-state index contributed by atoms with van der Waals surface area (Å²) in [5, 5.41) is 4.08. The Morgan fingerprint density at radius 1 is 1.21 bits per heavy atom. The molecule has 2 N–H and O–H groups in total. The summed E-state index contributed by atoms with van der Waals surface area (Å²) in [4.78, 5) is 25.5. The van der Waals surface area contributed by atoms with Crippen LogP contribution in [-0.2, 0) is 4.84 Å². The van der Waals surface area contributed by atoms with Crippen LogP contribution in [0, 0.1) is 5.92 Å². The van der Waals surface area contributed by atoms with E-state index in [2.05, 4.69) is 36.6 Å². The van der Waals surface area contributed by atoms with Crippen LogP contribution in [-0.4, -0.2) is 35.0 Å². The van der Waals surface area contributed by atoms with Gasteiger partial charge in [-0.15, -0.1) is 0 Å². The first-order valence-corrected chi connectivity index (χ1v) is 12.6. The molecule has 10 heteroatoms. The van der Waals surface area contributed by atoms with Crippen LogP contribution in [0.5, 0.6) is 0 Å². The minimum absolute atomic E-state index is 0.340. The second-order valence-electron chi connectivity index (χ2n) is 8.52. The van der Waals surface area contributed by atoms with E-state index in [1.807, 2.05) is 22.7 Å². The second kappa shape index (κ2) is 9.70. The van der Waals surface area contributed by atoms with Crippen molar-refractivity contribution in [1.82, 2.24) is 14.9 Å². The molecule has 3 heterocycles. The van der Waals surface area contributed by atoms with Crippen LogP contribution < -0.4 is 15.7 Å². The first-order chi connectivity index (χ1) is 16.0. The number of anilines is 3. The van der Waals surface area contributed by atoms with Crippen molar-refractivity contribution >= 4 is 67.9 Å². The fourth-order valence-electron chi connectivity index (χ4n) is 4.01. The lowest BCUT2D eigenvalue weighted by Gasteiger charge is -2.28. The van der Waals surface area contributed by atoms with Crippen LogP contribution >= 0.6 is 39.1 Å². The van der Waals surface area contributed by atoms with Gasteiger partial charge in [-0.05, 0) is 56.2 Å². The molecule has 7 nitrogen and oxygen atoms in total. The van der Waals surface area contributed by atoms with E-state index in [0.29, 0.717) is 45.2 Å². The van der Waals surface area contributed by atoms with Crippen molar-refractivity contribution in [2.45, 2.75) is 32.1 Å². The molecule has 1 aliphatic heterocycles. The molecule has 2 aliphatic rings. The molecule has 2 fully saturated rings. The summed E-state index contributed by atoms with van der Waals surface area (Å²) in [7, 11) is 0. The average molecular weight is 553 g/mol. The van der Waals surface area contributed by atoms with E-state index in [1.54, 1.807) is 12.3 Å². The third-order valence-electron chi connectivity index (χ3n) is 6.02. The molecule has 0 atom stereocenters. The Bertz CT molecular complexity index is 1190. The highest BCUT2D eigenvalue weighted by molar-refractivity contribution is 9.10. The van der Waals surface area contributed by atoms with Crippen LogP contribution in [0.3, 0.4) is 0 Å². The van der Waals surface area contributed by atoms with Gasteiger partial charge >= 0.3 is 0 Å². The van der Waals surface area contributed by atoms with Crippen LogP contribution in [0.2, 0.25) is 10.0 Å². The van der Waals surface area contributed by atoms with Gasteiger partial charge in [0.25, 0.3) is 5.91 Å². The molecule has 3 aromatic rings. The minimum atomic E-state index is -0.381. The molecule has 1 saturated carbocycles. The third kappa shape index (κ3) is 4.94. The Labute approximate surface area is 210 Å². The van der Waals surface area contributed by atoms with Gasteiger partial charge < -0.3 is 10.2 Å². The number of pyridine rings is 1. The molecule has 1 aromatic carbocycles. The maximum atomic E-state index is 13.2. The van der Waals surface area contributed by atoms with Crippen LogP contribution in [0.4, 0.5) is 17.2 Å². The molecule has 174 valence electrons. The normalized spacial score (nSPS) is 16.3. The number of piperidine rings is 1. The van der Waals surface area contributed by atoms with Gasteiger partial charge in [0.2, 0.25) is 0 Å². The molecule has 33 heavy (non-hydrogen) atoms. The minimum Gasteiger partial charge on any atom is -0.356 e. The zero-order valence-corrected chi connectivity index (χ0v) is 21.0. The largest absolute Gasteiger partial charge is 0.356 e. The van der Waals surface area contributed by atoms with E-state index >= 15 is 0 Å². The Hall–Kier alpha value is -2.00. The predicted molar refractivity (Wildman–Crippen MR) is 135 cm³/mol. The number of rotatable bonds is 7. The number of nitrogens with zero attached hydrogens (tertiary/aromatic N) is 3. The smallest absolute Gasteiger partial charge is 0.278 e. The van der Waals surface area contributed by atoms with Gasteiger partial charge in [0.05, 0.1) is 34.8 Å². The van der Waals surface area contributed by atoms with E-state index in [0.717, 1.165) is 49.1 Å². The number of imidazole rings is 1. The van der Waals surface area contributed by atoms with Crippen molar-refractivity contribution in [3.05, 3.63) is 50.7 Å². The quantitative estimate of drug-likeness (QED) is 0.341. The lowest BCUT2D eigenvalue weighted by atomic mass is 10.1. The number of halogens is 3. The highest BCUT2D eigenvalue weighted by Crippen LogP contribution is 2.37. The number of aromatic nitrogens is 2.